The van der Waals surface area contributed by atoms with E-state index in [4.69, 9.17) is 19.2 Å². The van der Waals surface area contributed by atoms with Crippen LogP contribution in [0.4, 0.5) is 0 Å². The predicted molar refractivity (Wildman–Crippen MR) is 25.3 cm³/mol. The quantitative estimate of drug-likeness (QED) is 0.202. The second-order valence-electron chi connectivity index (χ2n) is 0.513. The van der Waals surface area contributed by atoms with E-state index in [1.807, 2.05) is 0 Å². The summed E-state index contributed by atoms with van der Waals surface area (Å²) in [6.45, 7) is 5.00. The maximum atomic E-state index is 8.88. The summed E-state index contributed by atoms with van der Waals surface area (Å²) in [6, 6.07) is 0. The first-order valence-corrected chi connectivity index (χ1v) is 3.05. The van der Waals surface area contributed by atoms with E-state index in [1.165, 1.54) is 0 Å². The smallest absolute Gasteiger partial charge is 0.346 e. The van der Waals surface area contributed by atoms with Crippen molar-refractivity contribution in [2.45, 2.75) is 6.92 Å². The summed E-state index contributed by atoms with van der Waals surface area (Å²) < 4.78 is 8.88. The molecule has 0 heterocycles. The summed E-state index contributed by atoms with van der Waals surface area (Å²) in [5.41, 5.74) is 0. The average Bonchev–Trinajstić information content (AvgIpc) is 1.36. The van der Waals surface area contributed by atoms with Crippen LogP contribution in [0.2, 0.25) is 0 Å². The first kappa shape index (κ1) is 16.4. The predicted octanol–water partition coefficient (Wildman–Crippen LogP) is -3.08. The van der Waals surface area contributed by atoms with Crippen molar-refractivity contribution in [3.05, 3.63) is 6.92 Å². The summed E-state index contributed by atoms with van der Waals surface area (Å²) >= 11 is 0. The molecule has 8 heavy (non-hydrogen) atoms. The molecule has 0 fully saturated rings. The van der Waals surface area contributed by atoms with Crippen LogP contribution in [0.5, 0.6) is 0 Å². The molecule has 0 aromatic rings. The van der Waals surface area contributed by atoms with Crippen LogP contribution in [0.15, 0.2) is 0 Å². The van der Waals surface area contributed by atoms with Crippen LogP contribution >= 0.6 is 7.82 Å². The number of rotatable bonds is 0. The van der Waals surface area contributed by atoms with E-state index in [2.05, 4.69) is 6.92 Å². The zero-order valence-corrected chi connectivity index (χ0v) is 8.92. The van der Waals surface area contributed by atoms with Gasteiger partial charge in [-0.15, -0.1) is 0 Å². The molecule has 46 valence electrons. The van der Waals surface area contributed by atoms with Crippen molar-refractivity contribution in [1.29, 1.82) is 0 Å². The Bertz CT molecular complexity index is 60.2. The molecule has 0 aliphatic carbocycles. The summed E-state index contributed by atoms with van der Waals surface area (Å²) in [5, 5.41) is 0. The molecule has 4 nitrogen and oxygen atoms in total. The molecule has 0 bridgehead atoms. The molecule has 0 aromatic heterocycles. The number of hydrogen-bond acceptors (Lipinski definition) is 1. The third-order valence-corrected chi connectivity index (χ3v) is 0. The van der Waals surface area contributed by atoms with Crippen molar-refractivity contribution < 1.29 is 70.6 Å². The molecule has 0 aromatic carbocycles. The molecular formula is C2H8KO4P. The van der Waals surface area contributed by atoms with Crippen molar-refractivity contribution in [1.82, 2.24) is 0 Å². The topological polar surface area (TPSA) is 77.8 Å². The normalized spacial score (nSPS) is 8.12. The Balaban J connectivity index is -0.0000000750. The molecule has 0 aliphatic rings. The molecular weight excluding hydrogens is 158 g/mol. The summed E-state index contributed by atoms with van der Waals surface area (Å²) in [7, 11) is -4.64. The molecule has 3 N–H and O–H groups in total. The van der Waals surface area contributed by atoms with E-state index in [-0.39, 0.29) is 51.4 Å². The van der Waals surface area contributed by atoms with Gasteiger partial charge in [0.1, 0.15) is 0 Å². The van der Waals surface area contributed by atoms with E-state index < -0.39 is 7.82 Å². The van der Waals surface area contributed by atoms with Crippen LogP contribution in [0.3, 0.4) is 0 Å². The minimum atomic E-state index is -4.64. The fourth-order valence-corrected chi connectivity index (χ4v) is 0. The minimum Gasteiger partial charge on any atom is -0.346 e. The summed E-state index contributed by atoms with van der Waals surface area (Å²) in [4.78, 5) is 21.6. The van der Waals surface area contributed by atoms with Gasteiger partial charge in [0.2, 0.25) is 0 Å². The van der Waals surface area contributed by atoms with E-state index in [1.54, 1.807) is 6.92 Å². The zero-order chi connectivity index (χ0) is 6.50. The van der Waals surface area contributed by atoms with Crippen LogP contribution < -0.4 is 51.4 Å². The zero-order valence-electron chi connectivity index (χ0n) is 4.90. The van der Waals surface area contributed by atoms with Gasteiger partial charge in [-0.1, -0.05) is 0 Å². The second kappa shape index (κ2) is 8.75. The monoisotopic (exact) mass is 166 g/mol. The fourth-order valence-electron chi connectivity index (χ4n) is 0. The molecule has 0 radical (unpaired) electrons. The van der Waals surface area contributed by atoms with Crippen LogP contribution in [0.25, 0.3) is 0 Å². The van der Waals surface area contributed by atoms with Gasteiger partial charge in [-0.05, 0) is 0 Å². The average molecular weight is 166 g/mol. The largest absolute Gasteiger partial charge is 1.00 e. The molecule has 0 aliphatic heterocycles. The van der Waals surface area contributed by atoms with Gasteiger partial charge < -0.3 is 21.6 Å². The van der Waals surface area contributed by atoms with Crippen LogP contribution in [-0.2, 0) is 4.57 Å². The summed E-state index contributed by atoms with van der Waals surface area (Å²) in [6.07, 6.45) is 0. The maximum absolute atomic E-state index is 8.88. The van der Waals surface area contributed by atoms with Crippen molar-refractivity contribution in [3.8, 4) is 0 Å². The van der Waals surface area contributed by atoms with Crippen LogP contribution in [0.1, 0.15) is 6.92 Å². The molecule has 0 unspecified atom stereocenters. The maximum Gasteiger partial charge on any atom is 1.00 e. The van der Waals surface area contributed by atoms with E-state index in [0.717, 1.165) is 0 Å². The van der Waals surface area contributed by atoms with Crippen molar-refractivity contribution in [2.24, 2.45) is 0 Å². The Morgan fingerprint density at radius 2 is 1.25 bits per heavy atom. The molecule has 6 heteroatoms. The first-order valence-electron chi connectivity index (χ1n) is 1.49. The Hall–Kier alpha value is 1.75. The van der Waals surface area contributed by atoms with Gasteiger partial charge in [0, 0.05) is 0 Å². The second-order valence-corrected chi connectivity index (χ2v) is 1.54. The van der Waals surface area contributed by atoms with Gasteiger partial charge in [0.25, 0.3) is 0 Å². The van der Waals surface area contributed by atoms with Gasteiger partial charge in [0.15, 0.2) is 0 Å². The van der Waals surface area contributed by atoms with Gasteiger partial charge in [-0.2, -0.15) is 6.92 Å². The van der Waals surface area contributed by atoms with Gasteiger partial charge in [-0.25, -0.2) is 4.57 Å². The van der Waals surface area contributed by atoms with Gasteiger partial charge in [0.05, 0.1) is 0 Å². The standard InChI is InChI=1S/C2H5.K.H3O4P/c1-2;;1-5(2,3)4/h1H2,2H3;;(H3,1,2,3,4)/q-1;+1;. The number of hydrogen-bond donors (Lipinski definition) is 3. The molecule has 0 rings (SSSR count). The first-order chi connectivity index (χ1) is 3.00. The third kappa shape index (κ3) is 116. The summed E-state index contributed by atoms with van der Waals surface area (Å²) in [5.74, 6) is 0. The van der Waals surface area contributed by atoms with Gasteiger partial charge >= 0.3 is 59.2 Å². The molecule has 0 spiro atoms. The van der Waals surface area contributed by atoms with E-state index in [0.29, 0.717) is 0 Å². The fraction of sp³-hybridized carbons (Fsp3) is 0.500. The Morgan fingerprint density at radius 1 is 1.25 bits per heavy atom. The Labute approximate surface area is 91.0 Å². The van der Waals surface area contributed by atoms with E-state index in [9.17, 15) is 0 Å². The third-order valence-electron chi connectivity index (χ3n) is 0. The van der Waals surface area contributed by atoms with Crippen molar-refractivity contribution >= 4 is 7.82 Å². The SMILES string of the molecule is O=P(O)(O)O.[CH2-]C.[K+]. The van der Waals surface area contributed by atoms with Crippen molar-refractivity contribution in [3.63, 3.8) is 0 Å². The minimum absolute atomic E-state index is 0. The van der Waals surface area contributed by atoms with Gasteiger partial charge in [-0.3, -0.25) is 0 Å². The molecule has 0 saturated heterocycles. The van der Waals surface area contributed by atoms with Crippen molar-refractivity contribution in [2.75, 3.05) is 0 Å². The molecule has 0 saturated carbocycles. The Morgan fingerprint density at radius 3 is 1.25 bits per heavy atom. The Kier molecular flexibility index (Phi) is 17.9. The van der Waals surface area contributed by atoms with E-state index >= 15 is 0 Å². The van der Waals surface area contributed by atoms with Crippen LogP contribution in [-0.4, -0.2) is 14.7 Å². The van der Waals surface area contributed by atoms with Crippen LogP contribution in [0, 0.1) is 6.92 Å². The molecule has 0 amide bonds. The molecule has 0 atom stereocenters. The number of phosphoric acid groups is 1.